The van der Waals surface area contributed by atoms with Gasteiger partial charge in [0.25, 0.3) is 5.78 Å². The molecule has 0 saturated carbocycles. The van der Waals surface area contributed by atoms with Crippen molar-refractivity contribution in [2.45, 2.75) is 33.7 Å². The van der Waals surface area contributed by atoms with Gasteiger partial charge in [-0.2, -0.15) is 0 Å². The number of pyridine rings is 1. The molecule has 0 aliphatic carbocycles. The molecule has 0 spiro atoms. The fourth-order valence-corrected chi connectivity index (χ4v) is 6.25. The van der Waals surface area contributed by atoms with Crippen LogP contribution in [0.15, 0.2) is 78.5 Å². The van der Waals surface area contributed by atoms with Crippen LogP contribution in [0.2, 0.25) is 0 Å². The highest BCUT2D eigenvalue weighted by molar-refractivity contribution is 7.17. The summed E-state index contributed by atoms with van der Waals surface area (Å²) < 4.78 is 13.0. The van der Waals surface area contributed by atoms with E-state index in [9.17, 15) is 19.5 Å². The summed E-state index contributed by atoms with van der Waals surface area (Å²) in [7, 11) is 0. The number of para-hydroxylation sites is 1. The maximum Gasteiger partial charge on any atom is 0.350 e. The van der Waals surface area contributed by atoms with Crippen LogP contribution in [0.1, 0.15) is 50.8 Å². The average molecular weight is 609 g/mol. The summed E-state index contributed by atoms with van der Waals surface area (Å²) in [5.74, 6) is -1.72. The summed E-state index contributed by atoms with van der Waals surface area (Å²) in [6.07, 6.45) is 1.82. The SMILES string of the molecule is CCOC(=O)c1sc(N2C(=O)C(=O)/C(=C(/O)c3nc4c(C)cccn4c3C)C2c2cccc(Oc3ccccc3)c2)nc1C. The van der Waals surface area contributed by atoms with Crippen molar-refractivity contribution in [1.29, 1.82) is 0 Å². The molecule has 0 radical (unpaired) electrons. The molecule has 4 heterocycles. The summed E-state index contributed by atoms with van der Waals surface area (Å²) in [4.78, 5) is 50.8. The monoisotopic (exact) mass is 608 g/mol. The maximum atomic E-state index is 13.8. The smallest absolute Gasteiger partial charge is 0.350 e. The van der Waals surface area contributed by atoms with Crippen molar-refractivity contribution in [3.63, 3.8) is 0 Å². The lowest BCUT2D eigenvalue weighted by Gasteiger charge is -2.23. The van der Waals surface area contributed by atoms with Gasteiger partial charge in [-0.3, -0.25) is 14.5 Å². The second-order valence-electron chi connectivity index (χ2n) is 10.2. The Labute approximate surface area is 256 Å². The number of ether oxygens (including phenoxy) is 2. The first-order valence-corrected chi connectivity index (χ1v) is 14.7. The molecular formula is C33H28N4O6S. The van der Waals surface area contributed by atoms with Gasteiger partial charge in [0.05, 0.1) is 29.6 Å². The van der Waals surface area contributed by atoms with Crippen molar-refractivity contribution >= 4 is 45.5 Å². The van der Waals surface area contributed by atoms with Crippen LogP contribution in [-0.4, -0.2) is 43.7 Å². The maximum absolute atomic E-state index is 13.8. The third-order valence-corrected chi connectivity index (χ3v) is 8.49. The van der Waals surface area contributed by atoms with E-state index in [2.05, 4.69) is 9.97 Å². The summed E-state index contributed by atoms with van der Waals surface area (Å²) in [6.45, 7) is 7.18. The van der Waals surface area contributed by atoms with Gasteiger partial charge < -0.3 is 19.0 Å². The molecule has 0 bridgehead atoms. The number of nitrogens with zero attached hydrogens (tertiary/aromatic N) is 4. The van der Waals surface area contributed by atoms with Crippen LogP contribution in [0, 0.1) is 20.8 Å². The van der Waals surface area contributed by atoms with Gasteiger partial charge in [-0.25, -0.2) is 14.8 Å². The minimum Gasteiger partial charge on any atom is -0.505 e. The van der Waals surface area contributed by atoms with E-state index in [1.54, 1.807) is 45.0 Å². The van der Waals surface area contributed by atoms with E-state index in [-0.39, 0.29) is 27.9 Å². The molecule has 1 unspecified atom stereocenters. The quantitative estimate of drug-likeness (QED) is 0.0987. The van der Waals surface area contributed by atoms with Gasteiger partial charge >= 0.3 is 11.9 Å². The molecule has 1 aliphatic heterocycles. The Morgan fingerprint density at radius 3 is 2.45 bits per heavy atom. The Bertz CT molecular complexity index is 1980. The molecule has 11 heteroatoms. The van der Waals surface area contributed by atoms with E-state index in [1.807, 2.05) is 60.0 Å². The topological polar surface area (TPSA) is 123 Å². The van der Waals surface area contributed by atoms with Gasteiger partial charge in [0.2, 0.25) is 0 Å². The second kappa shape index (κ2) is 11.4. The average Bonchev–Trinajstić information content (AvgIpc) is 3.65. The number of benzene rings is 2. The van der Waals surface area contributed by atoms with Crippen molar-refractivity contribution in [1.82, 2.24) is 14.4 Å². The van der Waals surface area contributed by atoms with E-state index in [0.29, 0.717) is 34.1 Å². The number of rotatable bonds is 7. The van der Waals surface area contributed by atoms with Crippen molar-refractivity contribution in [2.24, 2.45) is 0 Å². The van der Waals surface area contributed by atoms with Crippen LogP contribution in [0.5, 0.6) is 11.5 Å². The number of ketones is 1. The van der Waals surface area contributed by atoms with Gasteiger partial charge in [-0.1, -0.05) is 47.7 Å². The summed E-state index contributed by atoms with van der Waals surface area (Å²) >= 11 is 0.946. The van der Waals surface area contributed by atoms with E-state index in [1.165, 1.54) is 4.90 Å². The highest BCUT2D eigenvalue weighted by Crippen LogP contribution is 2.45. The van der Waals surface area contributed by atoms with Crippen molar-refractivity contribution in [2.75, 3.05) is 11.5 Å². The predicted molar refractivity (Wildman–Crippen MR) is 165 cm³/mol. The molecule has 6 rings (SSSR count). The third kappa shape index (κ3) is 4.90. The molecule has 5 aromatic rings. The molecule has 1 atom stereocenters. The summed E-state index contributed by atoms with van der Waals surface area (Å²) in [5, 5.41) is 11.9. The fraction of sp³-hybridized carbons (Fsp3) is 0.182. The number of fused-ring (bicyclic) bond motifs is 1. The molecule has 10 nitrogen and oxygen atoms in total. The number of anilines is 1. The number of aliphatic hydroxyl groups is 1. The first kappa shape index (κ1) is 28.8. The van der Waals surface area contributed by atoms with Gasteiger partial charge in [0, 0.05) is 6.20 Å². The minimum absolute atomic E-state index is 0.119. The van der Waals surface area contributed by atoms with Gasteiger partial charge in [0.1, 0.15) is 27.7 Å². The first-order chi connectivity index (χ1) is 21.2. The number of esters is 1. The van der Waals surface area contributed by atoms with E-state index in [4.69, 9.17) is 9.47 Å². The molecule has 2 aromatic carbocycles. The zero-order chi connectivity index (χ0) is 31.1. The number of aromatic nitrogens is 3. The highest BCUT2D eigenvalue weighted by atomic mass is 32.1. The van der Waals surface area contributed by atoms with Crippen molar-refractivity contribution in [3.8, 4) is 11.5 Å². The van der Waals surface area contributed by atoms with Crippen LogP contribution in [0.4, 0.5) is 5.13 Å². The lowest BCUT2D eigenvalue weighted by Crippen LogP contribution is -2.29. The fourth-order valence-electron chi connectivity index (χ4n) is 5.26. The zero-order valence-corrected chi connectivity index (χ0v) is 25.2. The molecule has 1 N–H and O–H groups in total. The Balaban J connectivity index is 1.54. The number of hydrogen-bond acceptors (Lipinski definition) is 9. The lowest BCUT2D eigenvalue weighted by molar-refractivity contribution is -0.132. The number of amides is 1. The Morgan fingerprint density at radius 2 is 1.73 bits per heavy atom. The van der Waals surface area contributed by atoms with Gasteiger partial charge in [0.15, 0.2) is 10.9 Å². The Hall–Kier alpha value is -5.29. The van der Waals surface area contributed by atoms with Crippen LogP contribution >= 0.6 is 11.3 Å². The van der Waals surface area contributed by atoms with Crippen LogP contribution in [-0.2, 0) is 14.3 Å². The molecule has 3 aromatic heterocycles. The van der Waals surface area contributed by atoms with Crippen LogP contribution < -0.4 is 9.64 Å². The number of carbonyl (C=O) groups excluding carboxylic acids is 3. The molecular weight excluding hydrogens is 580 g/mol. The highest BCUT2D eigenvalue weighted by Gasteiger charge is 2.49. The summed E-state index contributed by atoms with van der Waals surface area (Å²) in [5.41, 5.74) is 2.97. The Kier molecular flexibility index (Phi) is 7.48. The molecule has 44 heavy (non-hydrogen) atoms. The normalized spacial score (nSPS) is 16.1. The molecule has 1 amide bonds. The number of imidazole rings is 1. The van der Waals surface area contributed by atoms with E-state index < -0.39 is 29.5 Å². The van der Waals surface area contributed by atoms with E-state index >= 15 is 0 Å². The predicted octanol–water partition coefficient (Wildman–Crippen LogP) is 6.31. The minimum atomic E-state index is -1.10. The van der Waals surface area contributed by atoms with Crippen molar-refractivity contribution in [3.05, 3.63) is 112 Å². The van der Waals surface area contributed by atoms with Gasteiger partial charge in [-0.05, 0) is 69.2 Å². The zero-order valence-electron chi connectivity index (χ0n) is 24.4. The first-order valence-electron chi connectivity index (χ1n) is 13.9. The van der Waals surface area contributed by atoms with Crippen molar-refractivity contribution < 1.29 is 29.0 Å². The number of aliphatic hydroxyl groups excluding tert-OH is 1. The number of thiazole rings is 1. The molecule has 1 saturated heterocycles. The largest absolute Gasteiger partial charge is 0.505 e. The molecule has 1 aliphatic rings. The Morgan fingerprint density at radius 1 is 0.977 bits per heavy atom. The lowest BCUT2D eigenvalue weighted by atomic mass is 9.96. The van der Waals surface area contributed by atoms with Crippen LogP contribution in [0.25, 0.3) is 11.4 Å². The number of carbonyl (C=O) groups is 3. The standard InChI is InChI=1S/C33H28N4O6S/c1-5-42-32(41)29-19(3)34-33(44-29)37-26(21-12-9-15-23(17-21)43-22-13-7-6-8-14-22)24(28(39)31(37)40)27(38)25-20(4)36-16-10-11-18(2)30(36)35-25/h6-17,26,38H,5H2,1-4H3/b27-24+. The number of aryl methyl sites for hydroxylation is 3. The number of hydrogen-bond donors (Lipinski definition) is 1. The molecule has 1 fully saturated rings. The van der Waals surface area contributed by atoms with Crippen LogP contribution in [0.3, 0.4) is 0 Å². The van der Waals surface area contributed by atoms with Gasteiger partial charge in [-0.15, -0.1) is 0 Å². The summed E-state index contributed by atoms with van der Waals surface area (Å²) in [6, 6.07) is 18.8. The molecule has 222 valence electrons. The number of Topliss-reactive ketones (excluding diaryl/α,β-unsaturated/α-hetero) is 1. The van der Waals surface area contributed by atoms with E-state index in [0.717, 1.165) is 16.9 Å². The second-order valence-corrected chi connectivity index (χ2v) is 11.2. The third-order valence-electron chi connectivity index (χ3n) is 7.36.